The first-order chi connectivity index (χ1) is 11.4. The third-order valence-corrected chi connectivity index (χ3v) is 3.47. The average molecular weight is 341 g/mol. The molecule has 0 radical (unpaired) electrons. The molecule has 0 bridgehead atoms. The van der Waals surface area contributed by atoms with E-state index in [1.807, 2.05) is 0 Å². The standard InChI is InChI=1S/C17H18F3NO3/c1-22-14-8-12(9-15(23-2)16(14)24-3)21-10-11-6-4-5-7-13(11)17(18,19)20/h4-9,21H,10H2,1-3H3. The Kier molecular flexibility index (Phi) is 5.43. The molecular formula is C17H18F3NO3. The monoisotopic (exact) mass is 341 g/mol. The van der Waals surface area contributed by atoms with Gasteiger partial charge in [0.05, 0.1) is 26.9 Å². The van der Waals surface area contributed by atoms with Gasteiger partial charge >= 0.3 is 6.18 Å². The Balaban J connectivity index is 2.27. The van der Waals surface area contributed by atoms with Gasteiger partial charge in [0.15, 0.2) is 11.5 Å². The molecule has 2 aromatic carbocycles. The fourth-order valence-electron chi connectivity index (χ4n) is 2.33. The van der Waals surface area contributed by atoms with Crippen LogP contribution in [0.15, 0.2) is 36.4 Å². The number of methoxy groups -OCH3 is 3. The predicted molar refractivity (Wildman–Crippen MR) is 84.9 cm³/mol. The molecule has 1 N–H and O–H groups in total. The molecule has 0 unspecified atom stereocenters. The minimum absolute atomic E-state index is 0.00825. The fraction of sp³-hybridized carbons (Fsp3) is 0.294. The van der Waals surface area contributed by atoms with Gasteiger partial charge in [-0.15, -0.1) is 0 Å². The van der Waals surface area contributed by atoms with Crippen LogP contribution in [0.2, 0.25) is 0 Å². The Hall–Kier alpha value is -2.57. The quantitative estimate of drug-likeness (QED) is 0.848. The molecule has 0 heterocycles. The van der Waals surface area contributed by atoms with Crippen LogP contribution < -0.4 is 19.5 Å². The minimum Gasteiger partial charge on any atom is -0.493 e. The zero-order valence-corrected chi connectivity index (χ0v) is 13.5. The van der Waals surface area contributed by atoms with E-state index in [1.54, 1.807) is 18.2 Å². The van der Waals surface area contributed by atoms with Gasteiger partial charge in [0, 0.05) is 24.4 Å². The minimum atomic E-state index is -4.40. The van der Waals surface area contributed by atoms with Crippen LogP contribution in [-0.4, -0.2) is 21.3 Å². The maximum Gasteiger partial charge on any atom is 0.416 e. The molecule has 130 valence electrons. The van der Waals surface area contributed by atoms with E-state index in [0.29, 0.717) is 22.9 Å². The molecule has 0 aromatic heterocycles. The van der Waals surface area contributed by atoms with Crippen molar-refractivity contribution in [1.82, 2.24) is 0 Å². The molecule has 2 rings (SSSR count). The predicted octanol–water partition coefficient (Wildman–Crippen LogP) is 4.34. The van der Waals surface area contributed by atoms with Crippen LogP contribution >= 0.6 is 0 Å². The first-order valence-electron chi connectivity index (χ1n) is 7.09. The lowest BCUT2D eigenvalue weighted by atomic mass is 10.1. The van der Waals surface area contributed by atoms with Crippen molar-refractivity contribution in [2.75, 3.05) is 26.6 Å². The van der Waals surface area contributed by atoms with E-state index in [1.165, 1.54) is 33.5 Å². The molecule has 0 aliphatic carbocycles. The number of rotatable bonds is 6. The lowest BCUT2D eigenvalue weighted by molar-refractivity contribution is -0.138. The van der Waals surface area contributed by atoms with Crippen LogP contribution in [0.1, 0.15) is 11.1 Å². The first kappa shape index (κ1) is 17.8. The van der Waals surface area contributed by atoms with Crippen molar-refractivity contribution in [1.29, 1.82) is 0 Å². The van der Waals surface area contributed by atoms with Gasteiger partial charge in [-0.25, -0.2) is 0 Å². The Labute approximate surface area is 138 Å². The maximum atomic E-state index is 13.0. The average Bonchev–Trinajstić information content (AvgIpc) is 2.58. The summed E-state index contributed by atoms with van der Waals surface area (Å²) in [5.74, 6) is 1.26. The number of nitrogens with one attached hydrogen (secondary N) is 1. The molecular weight excluding hydrogens is 323 g/mol. The van der Waals surface area contributed by atoms with E-state index < -0.39 is 11.7 Å². The first-order valence-corrected chi connectivity index (χ1v) is 7.09. The van der Waals surface area contributed by atoms with E-state index in [4.69, 9.17) is 14.2 Å². The number of hydrogen-bond donors (Lipinski definition) is 1. The smallest absolute Gasteiger partial charge is 0.416 e. The highest BCUT2D eigenvalue weighted by Crippen LogP contribution is 2.40. The molecule has 4 nitrogen and oxygen atoms in total. The SMILES string of the molecule is COc1cc(NCc2ccccc2C(F)(F)F)cc(OC)c1OC. The molecule has 24 heavy (non-hydrogen) atoms. The zero-order valence-electron chi connectivity index (χ0n) is 13.5. The highest BCUT2D eigenvalue weighted by atomic mass is 19.4. The lowest BCUT2D eigenvalue weighted by Gasteiger charge is -2.16. The van der Waals surface area contributed by atoms with Crippen molar-refractivity contribution in [2.24, 2.45) is 0 Å². The largest absolute Gasteiger partial charge is 0.493 e. The van der Waals surface area contributed by atoms with Crippen LogP contribution in [0, 0.1) is 0 Å². The van der Waals surface area contributed by atoms with Crippen molar-refractivity contribution in [2.45, 2.75) is 12.7 Å². The molecule has 0 fully saturated rings. The fourth-order valence-corrected chi connectivity index (χ4v) is 2.33. The van der Waals surface area contributed by atoms with E-state index in [2.05, 4.69) is 5.32 Å². The number of halogens is 3. The van der Waals surface area contributed by atoms with Crippen molar-refractivity contribution < 1.29 is 27.4 Å². The van der Waals surface area contributed by atoms with Gasteiger partial charge in [-0.3, -0.25) is 0 Å². The summed E-state index contributed by atoms with van der Waals surface area (Å²) in [6.45, 7) is 0.00825. The summed E-state index contributed by atoms with van der Waals surface area (Å²) in [6, 6.07) is 8.71. The van der Waals surface area contributed by atoms with Gasteiger partial charge in [0.1, 0.15) is 0 Å². The molecule has 7 heteroatoms. The summed E-state index contributed by atoms with van der Waals surface area (Å²) in [5.41, 5.74) is 0.0465. The normalized spacial score (nSPS) is 11.1. The van der Waals surface area contributed by atoms with Crippen LogP contribution in [-0.2, 0) is 12.7 Å². The van der Waals surface area contributed by atoms with Gasteiger partial charge < -0.3 is 19.5 Å². The third-order valence-electron chi connectivity index (χ3n) is 3.47. The lowest BCUT2D eigenvalue weighted by Crippen LogP contribution is -2.11. The number of benzene rings is 2. The van der Waals surface area contributed by atoms with Crippen molar-refractivity contribution in [3.05, 3.63) is 47.5 Å². The van der Waals surface area contributed by atoms with Crippen LogP contribution in [0.25, 0.3) is 0 Å². The number of hydrogen-bond acceptors (Lipinski definition) is 4. The van der Waals surface area contributed by atoms with Gasteiger partial charge in [-0.1, -0.05) is 18.2 Å². The highest BCUT2D eigenvalue weighted by molar-refractivity contribution is 5.62. The van der Waals surface area contributed by atoms with Crippen molar-refractivity contribution in [3.63, 3.8) is 0 Å². The Morgan fingerprint density at radius 1 is 0.917 bits per heavy atom. The third kappa shape index (κ3) is 3.84. The topological polar surface area (TPSA) is 39.7 Å². The van der Waals surface area contributed by atoms with Gasteiger partial charge in [-0.05, 0) is 11.6 Å². The second kappa shape index (κ2) is 7.33. The number of alkyl halides is 3. The Bertz CT molecular complexity index is 677. The highest BCUT2D eigenvalue weighted by Gasteiger charge is 2.32. The van der Waals surface area contributed by atoms with Gasteiger partial charge in [-0.2, -0.15) is 13.2 Å². The summed E-state index contributed by atoms with van der Waals surface area (Å²) in [7, 11) is 4.42. The van der Waals surface area contributed by atoms with E-state index >= 15 is 0 Å². The molecule has 0 spiro atoms. The second-order valence-corrected chi connectivity index (χ2v) is 4.92. The molecule has 0 amide bonds. The van der Waals surface area contributed by atoms with Crippen molar-refractivity contribution in [3.8, 4) is 17.2 Å². The van der Waals surface area contributed by atoms with Crippen LogP contribution in [0.5, 0.6) is 17.2 Å². The molecule has 0 aliphatic heterocycles. The van der Waals surface area contributed by atoms with Crippen LogP contribution in [0.4, 0.5) is 18.9 Å². The molecule has 0 saturated heterocycles. The summed E-state index contributed by atoms with van der Waals surface area (Å²) >= 11 is 0. The zero-order chi connectivity index (χ0) is 17.7. The number of ether oxygens (including phenoxy) is 3. The maximum absolute atomic E-state index is 13.0. The molecule has 2 aromatic rings. The molecule has 0 aliphatic rings. The van der Waals surface area contributed by atoms with E-state index in [9.17, 15) is 13.2 Å². The van der Waals surface area contributed by atoms with E-state index in [0.717, 1.165) is 6.07 Å². The second-order valence-electron chi connectivity index (χ2n) is 4.92. The molecule has 0 atom stereocenters. The van der Waals surface area contributed by atoms with E-state index in [-0.39, 0.29) is 12.1 Å². The van der Waals surface area contributed by atoms with Gasteiger partial charge in [0.2, 0.25) is 5.75 Å². The molecule has 0 saturated carbocycles. The summed E-state index contributed by atoms with van der Waals surface area (Å²) in [6.07, 6.45) is -4.40. The Morgan fingerprint density at radius 2 is 1.50 bits per heavy atom. The summed E-state index contributed by atoms with van der Waals surface area (Å²) in [4.78, 5) is 0. The van der Waals surface area contributed by atoms with Gasteiger partial charge in [0.25, 0.3) is 0 Å². The summed E-state index contributed by atoms with van der Waals surface area (Å²) in [5, 5.41) is 2.96. The number of anilines is 1. The Morgan fingerprint density at radius 3 is 2.00 bits per heavy atom. The summed E-state index contributed by atoms with van der Waals surface area (Å²) < 4.78 is 54.7. The van der Waals surface area contributed by atoms with Crippen LogP contribution in [0.3, 0.4) is 0 Å². The van der Waals surface area contributed by atoms with Crippen molar-refractivity contribution >= 4 is 5.69 Å².